The lowest BCUT2D eigenvalue weighted by molar-refractivity contribution is -0.123. The molecule has 2 N–H and O–H groups in total. The average molecular weight is 315 g/mol. The molecular formula is C16H17N3O4. The molecular weight excluding hydrogens is 298 g/mol. The van der Waals surface area contributed by atoms with Gasteiger partial charge in [-0.1, -0.05) is 18.9 Å². The smallest absolute Gasteiger partial charge is 0.338 e. The van der Waals surface area contributed by atoms with Gasteiger partial charge < -0.3 is 10.1 Å². The van der Waals surface area contributed by atoms with Crippen LogP contribution in [0.3, 0.4) is 0 Å². The Morgan fingerprint density at radius 3 is 2.70 bits per heavy atom. The molecule has 0 radical (unpaired) electrons. The van der Waals surface area contributed by atoms with E-state index in [0.29, 0.717) is 5.56 Å². The van der Waals surface area contributed by atoms with Gasteiger partial charge in [-0.3, -0.25) is 10.1 Å². The Hall–Kier alpha value is -2.88. The van der Waals surface area contributed by atoms with E-state index < -0.39 is 24.5 Å². The Balaban J connectivity index is 1.75. The summed E-state index contributed by atoms with van der Waals surface area (Å²) in [7, 11) is 0. The third-order valence-corrected chi connectivity index (χ3v) is 3.51. The van der Waals surface area contributed by atoms with Gasteiger partial charge in [0, 0.05) is 6.04 Å². The van der Waals surface area contributed by atoms with Gasteiger partial charge in [-0.25, -0.2) is 9.59 Å². The van der Waals surface area contributed by atoms with Crippen molar-refractivity contribution >= 4 is 17.9 Å². The van der Waals surface area contributed by atoms with Crippen LogP contribution >= 0.6 is 0 Å². The maximum atomic E-state index is 11.8. The molecule has 1 aliphatic rings. The molecule has 0 aromatic heterocycles. The van der Waals surface area contributed by atoms with Crippen molar-refractivity contribution in [2.24, 2.45) is 0 Å². The number of nitriles is 1. The number of hydrogen-bond acceptors (Lipinski definition) is 5. The fraction of sp³-hybridized carbons (Fsp3) is 0.375. The molecule has 23 heavy (non-hydrogen) atoms. The number of carbonyl (C=O) groups excluding carboxylic acids is 3. The van der Waals surface area contributed by atoms with E-state index >= 15 is 0 Å². The Morgan fingerprint density at radius 2 is 2.00 bits per heavy atom. The molecule has 0 aliphatic heterocycles. The Labute approximate surface area is 133 Å². The van der Waals surface area contributed by atoms with E-state index in [1.54, 1.807) is 12.1 Å². The third-order valence-electron chi connectivity index (χ3n) is 3.51. The van der Waals surface area contributed by atoms with Crippen LogP contribution in [0.4, 0.5) is 4.79 Å². The fourth-order valence-corrected chi connectivity index (χ4v) is 2.38. The summed E-state index contributed by atoms with van der Waals surface area (Å²) >= 11 is 0. The molecule has 120 valence electrons. The average Bonchev–Trinajstić information content (AvgIpc) is 3.05. The second-order valence-electron chi connectivity index (χ2n) is 5.27. The van der Waals surface area contributed by atoms with Crippen LogP contribution in [0.15, 0.2) is 24.3 Å². The van der Waals surface area contributed by atoms with Crippen molar-refractivity contribution in [3.05, 3.63) is 35.4 Å². The second-order valence-corrected chi connectivity index (χ2v) is 5.27. The molecule has 0 bridgehead atoms. The number of benzene rings is 1. The van der Waals surface area contributed by atoms with Gasteiger partial charge in [-0.05, 0) is 31.0 Å². The molecule has 0 heterocycles. The molecule has 0 spiro atoms. The first-order chi connectivity index (χ1) is 11.1. The van der Waals surface area contributed by atoms with E-state index in [0.717, 1.165) is 25.7 Å². The predicted molar refractivity (Wildman–Crippen MR) is 80.4 cm³/mol. The maximum absolute atomic E-state index is 11.8. The van der Waals surface area contributed by atoms with Crippen LogP contribution in [-0.4, -0.2) is 30.6 Å². The quantitative estimate of drug-likeness (QED) is 0.818. The summed E-state index contributed by atoms with van der Waals surface area (Å²) in [5.74, 6) is -1.43. The van der Waals surface area contributed by atoms with Gasteiger partial charge in [0.25, 0.3) is 5.91 Å². The van der Waals surface area contributed by atoms with Crippen LogP contribution in [0.1, 0.15) is 41.6 Å². The van der Waals surface area contributed by atoms with Crippen molar-refractivity contribution in [1.82, 2.24) is 10.6 Å². The molecule has 1 saturated carbocycles. The lowest BCUT2D eigenvalue weighted by Gasteiger charge is -2.12. The number of esters is 1. The van der Waals surface area contributed by atoms with Gasteiger partial charge in [-0.2, -0.15) is 5.26 Å². The fourth-order valence-electron chi connectivity index (χ4n) is 2.38. The number of rotatable bonds is 4. The molecule has 1 fully saturated rings. The number of amides is 3. The van der Waals surface area contributed by atoms with Crippen LogP contribution in [0.25, 0.3) is 0 Å². The number of ether oxygens (including phenoxy) is 1. The van der Waals surface area contributed by atoms with Crippen molar-refractivity contribution in [2.45, 2.75) is 31.7 Å². The summed E-state index contributed by atoms with van der Waals surface area (Å²) in [6.45, 7) is -0.562. The van der Waals surface area contributed by atoms with Crippen molar-refractivity contribution < 1.29 is 19.1 Å². The number of nitrogens with one attached hydrogen (secondary N) is 2. The summed E-state index contributed by atoms with van der Waals surface area (Å²) in [4.78, 5) is 34.9. The highest BCUT2D eigenvalue weighted by Gasteiger charge is 2.18. The number of hydrogen-bond donors (Lipinski definition) is 2. The maximum Gasteiger partial charge on any atom is 0.338 e. The van der Waals surface area contributed by atoms with E-state index in [2.05, 4.69) is 10.6 Å². The third kappa shape index (κ3) is 5.11. The van der Waals surface area contributed by atoms with Gasteiger partial charge in [0.1, 0.15) is 0 Å². The van der Waals surface area contributed by atoms with Crippen molar-refractivity contribution in [1.29, 1.82) is 5.26 Å². The van der Waals surface area contributed by atoms with Crippen molar-refractivity contribution in [3.8, 4) is 6.07 Å². The van der Waals surface area contributed by atoms with Gasteiger partial charge in [0.15, 0.2) is 6.61 Å². The van der Waals surface area contributed by atoms with Gasteiger partial charge in [-0.15, -0.1) is 0 Å². The van der Waals surface area contributed by atoms with Gasteiger partial charge in [0.05, 0.1) is 17.2 Å². The van der Waals surface area contributed by atoms with E-state index in [-0.39, 0.29) is 11.6 Å². The minimum Gasteiger partial charge on any atom is -0.452 e. The van der Waals surface area contributed by atoms with Crippen LogP contribution in [-0.2, 0) is 9.53 Å². The first-order valence-corrected chi connectivity index (χ1v) is 7.36. The number of imide groups is 1. The topological polar surface area (TPSA) is 108 Å². The molecule has 7 heteroatoms. The summed E-state index contributed by atoms with van der Waals surface area (Å²) in [6.07, 6.45) is 3.95. The van der Waals surface area contributed by atoms with E-state index in [1.807, 2.05) is 6.07 Å². The first-order valence-electron chi connectivity index (χ1n) is 7.36. The van der Waals surface area contributed by atoms with E-state index in [1.165, 1.54) is 12.1 Å². The molecule has 3 amide bonds. The SMILES string of the molecule is N#Cc1cccc(C(=O)OCC(=O)NC(=O)NC2CCCC2)c1. The number of urea groups is 1. The van der Waals surface area contributed by atoms with E-state index in [4.69, 9.17) is 10.00 Å². The van der Waals surface area contributed by atoms with E-state index in [9.17, 15) is 14.4 Å². The molecule has 2 rings (SSSR count). The highest BCUT2D eigenvalue weighted by molar-refractivity contribution is 5.97. The van der Waals surface area contributed by atoms with Crippen LogP contribution < -0.4 is 10.6 Å². The minimum absolute atomic E-state index is 0.0964. The highest BCUT2D eigenvalue weighted by Crippen LogP contribution is 2.17. The van der Waals surface area contributed by atoms with Crippen LogP contribution in [0, 0.1) is 11.3 Å². The predicted octanol–water partition coefficient (Wildman–Crippen LogP) is 1.48. The lowest BCUT2D eigenvalue weighted by Crippen LogP contribution is -2.44. The van der Waals surface area contributed by atoms with Crippen molar-refractivity contribution in [3.63, 3.8) is 0 Å². The molecule has 0 unspecified atom stereocenters. The molecule has 1 aromatic carbocycles. The largest absolute Gasteiger partial charge is 0.452 e. The molecule has 0 atom stereocenters. The lowest BCUT2D eigenvalue weighted by atomic mass is 10.1. The zero-order valence-electron chi connectivity index (χ0n) is 12.5. The summed E-state index contributed by atoms with van der Waals surface area (Å²) < 4.78 is 4.82. The summed E-state index contributed by atoms with van der Waals surface area (Å²) in [5, 5.41) is 13.6. The standard InChI is InChI=1S/C16H17N3O4/c17-9-11-4-3-5-12(8-11)15(21)23-10-14(20)19-16(22)18-13-6-1-2-7-13/h3-5,8,13H,1-2,6-7,10H2,(H2,18,19,20,22). The Kier molecular flexibility index (Phi) is 5.69. The number of nitrogens with zero attached hydrogens (tertiary/aromatic N) is 1. The minimum atomic E-state index is -0.728. The first kappa shape index (κ1) is 16.5. The van der Waals surface area contributed by atoms with Crippen molar-refractivity contribution in [2.75, 3.05) is 6.61 Å². The number of carbonyl (C=O) groups is 3. The molecule has 1 aromatic rings. The highest BCUT2D eigenvalue weighted by atomic mass is 16.5. The summed E-state index contributed by atoms with van der Waals surface area (Å²) in [5.41, 5.74) is 0.493. The van der Waals surface area contributed by atoms with Gasteiger partial charge >= 0.3 is 12.0 Å². The van der Waals surface area contributed by atoms with Crippen LogP contribution in [0.2, 0.25) is 0 Å². The summed E-state index contributed by atoms with van der Waals surface area (Å²) in [6, 6.07) is 7.37. The molecule has 7 nitrogen and oxygen atoms in total. The zero-order valence-corrected chi connectivity index (χ0v) is 12.5. The molecule has 1 aliphatic carbocycles. The van der Waals surface area contributed by atoms with Crippen LogP contribution in [0.5, 0.6) is 0 Å². The zero-order chi connectivity index (χ0) is 16.7. The van der Waals surface area contributed by atoms with Gasteiger partial charge in [0.2, 0.25) is 0 Å². The Bertz CT molecular complexity index is 645. The molecule has 0 saturated heterocycles. The monoisotopic (exact) mass is 315 g/mol. The normalized spacial score (nSPS) is 13.9. The second kappa shape index (κ2) is 7.94. The Morgan fingerprint density at radius 1 is 1.26 bits per heavy atom.